The molecular formula is C23H24ClN3O3. The van der Waals surface area contributed by atoms with E-state index in [2.05, 4.69) is 10.6 Å². The molecule has 6 nitrogen and oxygen atoms in total. The summed E-state index contributed by atoms with van der Waals surface area (Å²) < 4.78 is 0. The fourth-order valence-electron chi connectivity index (χ4n) is 3.61. The highest BCUT2D eigenvalue weighted by Gasteiger charge is 2.32. The number of carbonyl (C=O) groups is 3. The van der Waals surface area contributed by atoms with Crippen molar-refractivity contribution < 1.29 is 14.4 Å². The lowest BCUT2D eigenvalue weighted by molar-refractivity contribution is -0.126. The Hall–Kier alpha value is -2.86. The minimum atomic E-state index is -0.244. The van der Waals surface area contributed by atoms with E-state index in [1.807, 2.05) is 0 Å². The van der Waals surface area contributed by atoms with Gasteiger partial charge in [0.05, 0.1) is 5.92 Å². The summed E-state index contributed by atoms with van der Waals surface area (Å²) in [5, 5.41) is 6.42. The lowest BCUT2D eigenvalue weighted by atomic mass is 9.96. The van der Waals surface area contributed by atoms with Crippen molar-refractivity contribution >= 4 is 35.0 Å². The second kappa shape index (κ2) is 8.88. The first-order valence-electron chi connectivity index (χ1n) is 10.3. The van der Waals surface area contributed by atoms with Crippen molar-refractivity contribution in [2.75, 3.05) is 18.4 Å². The van der Waals surface area contributed by atoms with Crippen molar-refractivity contribution in [2.24, 2.45) is 5.92 Å². The molecule has 0 aromatic heterocycles. The molecule has 2 aliphatic rings. The molecule has 2 aromatic rings. The number of hydrogen-bond acceptors (Lipinski definition) is 3. The van der Waals surface area contributed by atoms with Crippen LogP contribution in [0.1, 0.15) is 46.4 Å². The van der Waals surface area contributed by atoms with Gasteiger partial charge in [-0.1, -0.05) is 11.6 Å². The van der Waals surface area contributed by atoms with Crippen LogP contribution in [0, 0.1) is 5.92 Å². The predicted molar refractivity (Wildman–Crippen MR) is 116 cm³/mol. The van der Waals surface area contributed by atoms with Crippen LogP contribution in [0.2, 0.25) is 5.02 Å². The van der Waals surface area contributed by atoms with Gasteiger partial charge in [0.2, 0.25) is 5.91 Å². The number of nitrogens with one attached hydrogen (secondary N) is 2. The van der Waals surface area contributed by atoms with Gasteiger partial charge in [0.15, 0.2) is 0 Å². The van der Waals surface area contributed by atoms with Gasteiger partial charge in [-0.2, -0.15) is 0 Å². The predicted octanol–water partition coefficient (Wildman–Crippen LogP) is 3.72. The topological polar surface area (TPSA) is 78.5 Å². The summed E-state index contributed by atoms with van der Waals surface area (Å²) in [4.78, 5) is 39.3. The highest BCUT2D eigenvalue weighted by Crippen LogP contribution is 2.23. The number of benzene rings is 2. The van der Waals surface area contributed by atoms with Gasteiger partial charge >= 0.3 is 0 Å². The number of carbonyl (C=O) groups excluding carboxylic acids is 3. The minimum Gasteiger partial charge on any atom is -0.353 e. The molecule has 1 aliphatic heterocycles. The van der Waals surface area contributed by atoms with Crippen molar-refractivity contribution in [3.05, 3.63) is 64.7 Å². The van der Waals surface area contributed by atoms with Crippen LogP contribution in [0.4, 0.5) is 5.69 Å². The van der Waals surface area contributed by atoms with Gasteiger partial charge in [-0.15, -0.1) is 0 Å². The number of hydrogen-bond donors (Lipinski definition) is 2. The van der Waals surface area contributed by atoms with E-state index in [0.29, 0.717) is 41.0 Å². The third-order valence-electron chi connectivity index (χ3n) is 5.50. The number of piperidine rings is 1. The molecule has 1 heterocycles. The van der Waals surface area contributed by atoms with Crippen LogP contribution in [-0.4, -0.2) is 41.8 Å². The van der Waals surface area contributed by atoms with Crippen LogP contribution in [0.15, 0.2) is 48.5 Å². The highest BCUT2D eigenvalue weighted by atomic mass is 35.5. The van der Waals surface area contributed by atoms with Gasteiger partial charge in [0.25, 0.3) is 11.8 Å². The molecule has 1 aliphatic carbocycles. The van der Waals surface area contributed by atoms with Crippen molar-refractivity contribution in [3.63, 3.8) is 0 Å². The van der Waals surface area contributed by atoms with Crippen LogP contribution in [0.25, 0.3) is 0 Å². The highest BCUT2D eigenvalue weighted by molar-refractivity contribution is 6.30. The largest absolute Gasteiger partial charge is 0.353 e. The number of likely N-dealkylation sites (tertiary alicyclic amines) is 1. The Morgan fingerprint density at radius 1 is 0.900 bits per heavy atom. The Morgan fingerprint density at radius 2 is 1.57 bits per heavy atom. The molecule has 2 N–H and O–H groups in total. The summed E-state index contributed by atoms with van der Waals surface area (Å²) in [6.07, 6.45) is 3.76. The minimum absolute atomic E-state index is 0.0651. The molecule has 0 bridgehead atoms. The van der Waals surface area contributed by atoms with Gasteiger partial charge in [-0.05, 0) is 74.2 Å². The van der Waals surface area contributed by atoms with E-state index in [4.69, 9.17) is 11.6 Å². The fourth-order valence-corrected chi connectivity index (χ4v) is 3.73. The second-order valence-corrected chi connectivity index (χ2v) is 8.35. The van der Waals surface area contributed by atoms with Gasteiger partial charge < -0.3 is 15.5 Å². The van der Waals surface area contributed by atoms with Crippen LogP contribution < -0.4 is 10.6 Å². The summed E-state index contributed by atoms with van der Waals surface area (Å²) in [7, 11) is 0. The summed E-state index contributed by atoms with van der Waals surface area (Å²) in [5.74, 6) is -0.405. The molecule has 0 radical (unpaired) electrons. The monoisotopic (exact) mass is 425 g/mol. The lowest BCUT2D eigenvalue weighted by Crippen LogP contribution is -2.45. The van der Waals surface area contributed by atoms with Crippen LogP contribution in [-0.2, 0) is 4.79 Å². The van der Waals surface area contributed by atoms with Gasteiger partial charge in [0.1, 0.15) is 0 Å². The average Bonchev–Trinajstić information content (AvgIpc) is 3.58. The molecule has 156 valence electrons. The van der Waals surface area contributed by atoms with Gasteiger partial charge in [-0.25, -0.2) is 0 Å². The van der Waals surface area contributed by atoms with E-state index >= 15 is 0 Å². The molecule has 1 atom stereocenters. The zero-order valence-corrected chi connectivity index (χ0v) is 17.3. The van der Waals surface area contributed by atoms with E-state index in [9.17, 15) is 14.4 Å². The summed E-state index contributed by atoms with van der Waals surface area (Å²) in [5.41, 5.74) is 1.65. The molecule has 2 fully saturated rings. The van der Waals surface area contributed by atoms with E-state index in [1.54, 1.807) is 53.4 Å². The average molecular weight is 426 g/mol. The molecular weight excluding hydrogens is 402 g/mol. The van der Waals surface area contributed by atoms with E-state index < -0.39 is 0 Å². The number of nitrogens with zero attached hydrogens (tertiary/aromatic N) is 1. The SMILES string of the molecule is O=C(Nc1ccc(C(=O)N2CCCC(C(=O)NC3CC3)C2)cc1)c1ccc(Cl)cc1. The van der Waals surface area contributed by atoms with Crippen molar-refractivity contribution in [3.8, 4) is 0 Å². The Kier molecular flexibility index (Phi) is 6.04. The summed E-state index contributed by atoms with van der Waals surface area (Å²) in [6.45, 7) is 1.10. The summed E-state index contributed by atoms with van der Waals surface area (Å²) in [6, 6.07) is 13.8. The first-order chi connectivity index (χ1) is 14.5. The molecule has 7 heteroatoms. The Labute approximate surface area is 180 Å². The van der Waals surface area contributed by atoms with E-state index in [0.717, 1.165) is 25.7 Å². The fraction of sp³-hybridized carbons (Fsp3) is 0.348. The number of amides is 3. The zero-order valence-electron chi connectivity index (χ0n) is 16.6. The molecule has 1 saturated carbocycles. The smallest absolute Gasteiger partial charge is 0.255 e. The molecule has 0 spiro atoms. The second-order valence-electron chi connectivity index (χ2n) is 7.91. The van der Waals surface area contributed by atoms with Crippen LogP contribution in [0.5, 0.6) is 0 Å². The molecule has 4 rings (SSSR count). The van der Waals surface area contributed by atoms with E-state index in [-0.39, 0.29) is 23.6 Å². The Morgan fingerprint density at radius 3 is 2.23 bits per heavy atom. The quantitative estimate of drug-likeness (QED) is 0.766. The molecule has 1 unspecified atom stereocenters. The normalized spacial score (nSPS) is 18.6. The van der Waals surface area contributed by atoms with Gasteiger partial charge in [-0.3, -0.25) is 14.4 Å². The van der Waals surface area contributed by atoms with Crippen LogP contribution >= 0.6 is 11.6 Å². The number of anilines is 1. The molecule has 30 heavy (non-hydrogen) atoms. The standard InChI is InChI=1S/C23H24ClN3O3/c24-18-7-3-15(4-8-18)21(28)25-19-9-5-16(6-10-19)23(30)27-13-1-2-17(14-27)22(29)26-20-11-12-20/h3-10,17,20H,1-2,11-14H2,(H,25,28)(H,26,29). The number of rotatable bonds is 5. The van der Waals surface area contributed by atoms with E-state index in [1.165, 1.54) is 0 Å². The maximum Gasteiger partial charge on any atom is 0.255 e. The molecule has 2 aromatic carbocycles. The number of halogens is 1. The Bertz CT molecular complexity index is 939. The van der Waals surface area contributed by atoms with Crippen LogP contribution in [0.3, 0.4) is 0 Å². The maximum atomic E-state index is 12.9. The zero-order chi connectivity index (χ0) is 21.1. The Balaban J connectivity index is 1.35. The van der Waals surface area contributed by atoms with Crippen molar-refractivity contribution in [1.29, 1.82) is 0 Å². The maximum absolute atomic E-state index is 12.9. The first-order valence-corrected chi connectivity index (χ1v) is 10.6. The summed E-state index contributed by atoms with van der Waals surface area (Å²) >= 11 is 5.85. The lowest BCUT2D eigenvalue weighted by Gasteiger charge is -2.32. The van der Waals surface area contributed by atoms with Crippen molar-refractivity contribution in [2.45, 2.75) is 31.7 Å². The molecule has 1 saturated heterocycles. The third kappa shape index (κ3) is 5.00. The first kappa shape index (κ1) is 20.4. The molecule has 3 amide bonds. The third-order valence-corrected chi connectivity index (χ3v) is 5.75. The van der Waals surface area contributed by atoms with Gasteiger partial charge in [0, 0.05) is 41.0 Å². The van der Waals surface area contributed by atoms with Crippen molar-refractivity contribution in [1.82, 2.24) is 10.2 Å².